The van der Waals surface area contributed by atoms with E-state index in [2.05, 4.69) is 15.7 Å². The van der Waals surface area contributed by atoms with E-state index >= 15 is 0 Å². The van der Waals surface area contributed by atoms with Gasteiger partial charge in [0.1, 0.15) is 0 Å². The van der Waals surface area contributed by atoms with Gasteiger partial charge < -0.3 is 0 Å². The lowest BCUT2D eigenvalue weighted by molar-refractivity contribution is -0.0258. The Morgan fingerprint density at radius 2 is 1.35 bits per heavy atom. The standard InChI is InChI=1S/C16H16ClN3O5S/c1-20(25-2)26(23,24)14-9-5-12(6-10-14)16(22)19-18-15(21)11-3-7-13(17)8-4-11/h3-10H,1-2H3,(H,18,21)(H,19,22). The van der Waals surface area contributed by atoms with Crippen molar-refractivity contribution in [2.45, 2.75) is 4.90 Å². The first-order valence-corrected chi connectivity index (χ1v) is 9.07. The van der Waals surface area contributed by atoms with Crippen LogP contribution in [0.1, 0.15) is 20.7 Å². The highest BCUT2D eigenvalue weighted by molar-refractivity contribution is 7.89. The summed E-state index contributed by atoms with van der Waals surface area (Å²) >= 11 is 5.74. The third-order valence-corrected chi connectivity index (χ3v) is 5.35. The molecule has 0 atom stereocenters. The number of hydrazine groups is 1. The number of rotatable bonds is 5. The maximum absolute atomic E-state index is 12.1. The van der Waals surface area contributed by atoms with Crippen LogP contribution in [0, 0.1) is 0 Å². The molecule has 0 bridgehead atoms. The molecule has 0 aromatic heterocycles. The Labute approximate surface area is 155 Å². The lowest BCUT2D eigenvalue weighted by Crippen LogP contribution is -2.41. The quantitative estimate of drug-likeness (QED) is 0.745. The Balaban J connectivity index is 2.02. The van der Waals surface area contributed by atoms with E-state index in [0.717, 1.165) is 0 Å². The molecule has 0 spiro atoms. The first-order valence-electron chi connectivity index (χ1n) is 7.25. The molecule has 0 aliphatic carbocycles. The fraction of sp³-hybridized carbons (Fsp3) is 0.125. The Kier molecular flexibility index (Phi) is 6.32. The summed E-state index contributed by atoms with van der Waals surface area (Å²) in [4.78, 5) is 28.6. The predicted molar refractivity (Wildman–Crippen MR) is 94.8 cm³/mol. The Morgan fingerprint density at radius 1 is 0.923 bits per heavy atom. The first-order chi connectivity index (χ1) is 12.3. The molecular formula is C16H16ClN3O5S. The summed E-state index contributed by atoms with van der Waals surface area (Å²) in [6.07, 6.45) is 0. The normalized spacial score (nSPS) is 11.2. The van der Waals surface area contributed by atoms with Crippen LogP contribution in [0.5, 0.6) is 0 Å². The SMILES string of the molecule is CON(C)S(=O)(=O)c1ccc(C(=O)NNC(=O)c2ccc(Cl)cc2)cc1. The average molecular weight is 398 g/mol. The Bertz CT molecular complexity index is 898. The van der Waals surface area contributed by atoms with Crippen molar-refractivity contribution in [2.75, 3.05) is 14.2 Å². The number of carbonyl (C=O) groups excluding carboxylic acids is 2. The third-order valence-electron chi connectivity index (χ3n) is 3.41. The molecule has 2 rings (SSSR count). The molecule has 2 aromatic rings. The van der Waals surface area contributed by atoms with E-state index in [4.69, 9.17) is 11.6 Å². The number of nitrogens with one attached hydrogen (secondary N) is 2. The van der Waals surface area contributed by atoms with Crippen molar-refractivity contribution < 1.29 is 22.8 Å². The summed E-state index contributed by atoms with van der Waals surface area (Å²) in [5.41, 5.74) is 4.99. The van der Waals surface area contributed by atoms with Crippen molar-refractivity contribution >= 4 is 33.4 Å². The monoisotopic (exact) mass is 397 g/mol. The fourth-order valence-corrected chi connectivity index (χ4v) is 2.98. The van der Waals surface area contributed by atoms with E-state index in [1.54, 1.807) is 12.1 Å². The highest BCUT2D eigenvalue weighted by atomic mass is 35.5. The summed E-state index contributed by atoms with van der Waals surface area (Å²) in [6.45, 7) is 0. The molecule has 0 fully saturated rings. The van der Waals surface area contributed by atoms with Gasteiger partial charge in [0.15, 0.2) is 0 Å². The van der Waals surface area contributed by atoms with Crippen LogP contribution in [0.3, 0.4) is 0 Å². The summed E-state index contributed by atoms with van der Waals surface area (Å²) in [7, 11) is -1.32. The number of hydroxylamine groups is 1. The summed E-state index contributed by atoms with van der Waals surface area (Å²) < 4.78 is 24.9. The van der Waals surface area contributed by atoms with Crippen LogP contribution in [0.4, 0.5) is 0 Å². The van der Waals surface area contributed by atoms with Gasteiger partial charge in [-0.15, -0.1) is 0 Å². The van der Waals surface area contributed by atoms with E-state index in [-0.39, 0.29) is 10.5 Å². The van der Waals surface area contributed by atoms with Crippen molar-refractivity contribution in [3.63, 3.8) is 0 Å². The molecule has 0 unspecified atom stereocenters. The number of halogens is 1. The number of amides is 2. The van der Waals surface area contributed by atoms with Crippen LogP contribution in [0.25, 0.3) is 0 Å². The number of hydrogen-bond acceptors (Lipinski definition) is 5. The van der Waals surface area contributed by atoms with E-state index in [0.29, 0.717) is 15.1 Å². The minimum atomic E-state index is -3.80. The van der Waals surface area contributed by atoms with E-state index < -0.39 is 21.8 Å². The van der Waals surface area contributed by atoms with Crippen molar-refractivity contribution in [2.24, 2.45) is 0 Å². The maximum Gasteiger partial charge on any atom is 0.269 e. The lowest BCUT2D eigenvalue weighted by atomic mass is 10.2. The predicted octanol–water partition coefficient (Wildman–Crippen LogP) is 1.60. The van der Waals surface area contributed by atoms with Gasteiger partial charge in [-0.3, -0.25) is 25.3 Å². The van der Waals surface area contributed by atoms with Gasteiger partial charge in [0, 0.05) is 23.2 Å². The van der Waals surface area contributed by atoms with Crippen molar-refractivity contribution in [3.8, 4) is 0 Å². The molecule has 0 aliphatic heterocycles. The van der Waals surface area contributed by atoms with Gasteiger partial charge >= 0.3 is 0 Å². The van der Waals surface area contributed by atoms with Gasteiger partial charge in [0.25, 0.3) is 21.8 Å². The molecular weight excluding hydrogens is 382 g/mol. The van der Waals surface area contributed by atoms with Crippen LogP contribution >= 0.6 is 11.6 Å². The maximum atomic E-state index is 12.1. The molecule has 26 heavy (non-hydrogen) atoms. The second kappa shape index (κ2) is 8.28. The lowest BCUT2D eigenvalue weighted by Gasteiger charge is -2.14. The molecule has 10 heteroatoms. The van der Waals surface area contributed by atoms with Gasteiger partial charge in [-0.05, 0) is 48.5 Å². The zero-order valence-corrected chi connectivity index (χ0v) is 15.5. The van der Waals surface area contributed by atoms with Crippen LogP contribution in [-0.4, -0.2) is 38.9 Å². The number of hydrogen-bond donors (Lipinski definition) is 2. The van der Waals surface area contributed by atoms with Crippen LogP contribution in [0.15, 0.2) is 53.4 Å². The summed E-state index contributed by atoms with van der Waals surface area (Å²) in [6, 6.07) is 11.3. The number of nitrogens with zero attached hydrogens (tertiary/aromatic N) is 1. The average Bonchev–Trinajstić information content (AvgIpc) is 2.65. The minimum absolute atomic E-state index is 0.0383. The van der Waals surface area contributed by atoms with Crippen LogP contribution in [-0.2, 0) is 14.9 Å². The van der Waals surface area contributed by atoms with E-state index in [1.807, 2.05) is 0 Å². The third kappa shape index (κ3) is 4.58. The topological polar surface area (TPSA) is 105 Å². The number of benzene rings is 2. The van der Waals surface area contributed by atoms with Crippen molar-refractivity contribution in [1.82, 2.24) is 15.3 Å². The summed E-state index contributed by atoms with van der Waals surface area (Å²) in [5.74, 6) is -1.12. The van der Waals surface area contributed by atoms with Crippen molar-refractivity contribution in [3.05, 3.63) is 64.7 Å². The largest absolute Gasteiger partial charge is 0.288 e. The molecule has 2 amide bonds. The van der Waals surface area contributed by atoms with Gasteiger partial charge in [-0.25, -0.2) is 8.42 Å². The van der Waals surface area contributed by atoms with Crippen molar-refractivity contribution in [1.29, 1.82) is 0 Å². The molecule has 0 radical (unpaired) electrons. The second-order valence-electron chi connectivity index (χ2n) is 5.04. The molecule has 138 valence electrons. The highest BCUT2D eigenvalue weighted by Crippen LogP contribution is 2.15. The minimum Gasteiger partial charge on any atom is -0.288 e. The smallest absolute Gasteiger partial charge is 0.269 e. The number of sulfonamides is 1. The second-order valence-corrected chi connectivity index (χ2v) is 7.41. The van der Waals surface area contributed by atoms with Crippen LogP contribution < -0.4 is 10.9 Å². The molecule has 0 aliphatic rings. The molecule has 0 saturated carbocycles. The highest BCUT2D eigenvalue weighted by Gasteiger charge is 2.21. The zero-order valence-electron chi connectivity index (χ0n) is 13.9. The van der Waals surface area contributed by atoms with Gasteiger partial charge in [-0.2, -0.15) is 0 Å². The van der Waals surface area contributed by atoms with E-state index in [1.165, 1.54) is 50.6 Å². The fourth-order valence-electron chi connectivity index (χ4n) is 1.88. The Morgan fingerprint density at radius 3 is 1.77 bits per heavy atom. The Hall–Kier alpha value is -2.46. The molecule has 0 saturated heterocycles. The van der Waals surface area contributed by atoms with Gasteiger partial charge in [0.2, 0.25) is 0 Å². The van der Waals surface area contributed by atoms with Crippen LogP contribution in [0.2, 0.25) is 5.02 Å². The zero-order chi connectivity index (χ0) is 19.3. The molecule has 2 aromatic carbocycles. The van der Waals surface area contributed by atoms with E-state index in [9.17, 15) is 18.0 Å². The summed E-state index contributed by atoms with van der Waals surface area (Å²) in [5, 5.41) is 0.486. The van der Waals surface area contributed by atoms with Gasteiger partial charge in [-0.1, -0.05) is 16.1 Å². The molecule has 0 heterocycles. The molecule has 8 nitrogen and oxygen atoms in total. The molecule has 2 N–H and O–H groups in total. The van der Waals surface area contributed by atoms with Gasteiger partial charge in [0.05, 0.1) is 12.0 Å². The first kappa shape index (κ1) is 19.9. The number of carbonyl (C=O) groups is 2.